The molecule has 0 amide bonds. The van der Waals surface area contributed by atoms with Gasteiger partial charge in [-0.3, -0.25) is 0 Å². The Bertz CT molecular complexity index is 461. The molecule has 1 saturated carbocycles. The molecule has 84 valence electrons. The summed E-state index contributed by atoms with van der Waals surface area (Å²) in [5.74, 6) is -2.10. The maximum absolute atomic E-state index is 13.5. The molecule has 1 aliphatic rings. The molecule has 0 heterocycles. The predicted molar refractivity (Wildman–Crippen MR) is 54.1 cm³/mol. The lowest BCUT2D eigenvalue weighted by Gasteiger charge is -2.36. The Balaban J connectivity index is 2.57. The molecule has 2 rings (SSSR count). The lowest BCUT2D eigenvalue weighted by atomic mass is 9.65. The number of halogens is 2. The fourth-order valence-electron chi connectivity index (χ4n) is 2.08. The predicted octanol–water partition coefficient (Wildman–Crippen LogP) is 2.92. The van der Waals surface area contributed by atoms with Crippen LogP contribution in [0.5, 0.6) is 5.75 Å². The molecule has 1 aliphatic carbocycles. The first-order chi connectivity index (χ1) is 7.64. The van der Waals surface area contributed by atoms with Crippen LogP contribution in [-0.4, -0.2) is 7.11 Å². The SMILES string of the molecule is COc1c(C2(C#N)CCC2)ccc(F)c1F. The lowest BCUT2D eigenvalue weighted by molar-refractivity contribution is 0.297. The van der Waals surface area contributed by atoms with E-state index in [0.717, 1.165) is 12.5 Å². The molecule has 4 heteroatoms. The van der Waals surface area contributed by atoms with Gasteiger partial charge in [-0.2, -0.15) is 9.65 Å². The molecular weight excluding hydrogens is 212 g/mol. The molecule has 1 aromatic carbocycles. The number of methoxy groups -OCH3 is 1. The Labute approximate surface area is 92.5 Å². The van der Waals surface area contributed by atoms with Gasteiger partial charge < -0.3 is 4.74 Å². The van der Waals surface area contributed by atoms with Crippen molar-refractivity contribution in [1.29, 1.82) is 5.26 Å². The third-order valence-corrected chi connectivity index (χ3v) is 3.19. The molecule has 0 saturated heterocycles. The van der Waals surface area contributed by atoms with E-state index in [9.17, 15) is 8.78 Å². The van der Waals surface area contributed by atoms with Crippen molar-refractivity contribution in [3.63, 3.8) is 0 Å². The third kappa shape index (κ3) is 1.35. The Morgan fingerprint density at radius 1 is 1.38 bits per heavy atom. The number of hydrogen-bond donors (Lipinski definition) is 0. The second-order valence-electron chi connectivity index (χ2n) is 3.99. The van der Waals surface area contributed by atoms with Gasteiger partial charge in [-0.25, -0.2) is 4.39 Å². The van der Waals surface area contributed by atoms with Gasteiger partial charge in [0.25, 0.3) is 0 Å². The van der Waals surface area contributed by atoms with Gasteiger partial charge in [0.1, 0.15) is 0 Å². The van der Waals surface area contributed by atoms with Crippen molar-refractivity contribution in [1.82, 2.24) is 0 Å². The Kier molecular flexibility index (Phi) is 2.55. The number of hydrogen-bond acceptors (Lipinski definition) is 2. The van der Waals surface area contributed by atoms with Crippen LogP contribution < -0.4 is 4.74 Å². The minimum atomic E-state index is -1.01. The monoisotopic (exact) mass is 223 g/mol. The summed E-state index contributed by atoms with van der Waals surface area (Å²) >= 11 is 0. The molecule has 1 aromatic rings. The van der Waals surface area contributed by atoms with Crippen molar-refractivity contribution in [2.24, 2.45) is 0 Å². The highest BCUT2D eigenvalue weighted by Gasteiger charge is 2.42. The van der Waals surface area contributed by atoms with Crippen LogP contribution in [0.1, 0.15) is 24.8 Å². The highest BCUT2D eigenvalue weighted by atomic mass is 19.2. The van der Waals surface area contributed by atoms with E-state index >= 15 is 0 Å². The highest BCUT2D eigenvalue weighted by Crippen LogP contribution is 2.47. The molecule has 0 bridgehead atoms. The summed E-state index contributed by atoms with van der Waals surface area (Å²) in [6, 6.07) is 4.67. The summed E-state index contributed by atoms with van der Waals surface area (Å²) in [5.41, 5.74) is -0.234. The summed E-state index contributed by atoms with van der Waals surface area (Å²) in [4.78, 5) is 0. The lowest BCUT2D eigenvalue weighted by Crippen LogP contribution is -2.33. The second kappa shape index (κ2) is 3.75. The number of benzene rings is 1. The number of nitriles is 1. The van der Waals surface area contributed by atoms with Crippen LogP contribution in [0.4, 0.5) is 8.78 Å². The minimum Gasteiger partial charge on any atom is -0.493 e. The highest BCUT2D eigenvalue weighted by molar-refractivity contribution is 5.46. The van der Waals surface area contributed by atoms with Gasteiger partial charge in [-0.15, -0.1) is 0 Å². The van der Waals surface area contributed by atoms with Crippen molar-refractivity contribution < 1.29 is 13.5 Å². The van der Waals surface area contributed by atoms with Crippen LogP contribution in [0.3, 0.4) is 0 Å². The molecule has 0 aromatic heterocycles. The van der Waals surface area contributed by atoms with Gasteiger partial charge in [0.2, 0.25) is 5.82 Å². The van der Waals surface area contributed by atoms with Crippen molar-refractivity contribution in [2.75, 3.05) is 7.11 Å². The largest absolute Gasteiger partial charge is 0.493 e. The van der Waals surface area contributed by atoms with Crippen molar-refractivity contribution in [3.8, 4) is 11.8 Å². The summed E-state index contributed by atoms with van der Waals surface area (Å²) < 4.78 is 31.4. The molecule has 0 N–H and O–H groups in total. The first-order valence-electron chi connectivity index (χ1n) is 5.08. The number of nitrogens with zero attached hydrogens (tertiary/aromatic N) is 1. The molecule has 1 fully saturated rings. The van der Waals surface area contributed by atoms with E-state index in [-0.39, 0.29) is 5.75 Å². The quantitative estimate of drug-likeness (QED) is 0.772. The van der Waals surface area contributed by atoms with Gasteiger partial charge in [-0.1, -0.05) is 6.07 Å². The molecule has 0 atom stereocenters. The van der Waals surface area contributed by atoms with E-state index in [1.54, 1.807) is 0 Å². The maximum atomic E-state index is 13.5. The van der Waals surface area contributed by atoms with Crippen molar-refractivity contribution in [2.45, 2.75) is 24.7 Å². The molecule has 0 unspecified atom stereocenters. The molecule has 0 radical (unpaired) electrons. The maximum Gasteiger partial charge on any atom is 0.200 e. The zero-order chi connectivity index (χ0) is 11.8. The van der Waals surface area contributed by atoms with Crippen LogP contribution in [0, 0.1) is 23.0 Å². The summed E-state index contributed by atoms with van der Waals surface area (Å²) in [5, 5.41) is 9.15. The molecule has 2 nitrogen and oxygen atoms in total. The van der Waals surface area contributed by atoms with E-state index in [4.69, 9.17) is 10.00 Å². The fraction of sp³-hybridized carbons (Fsp3) is 0.417. The van der Waals surface area contributed by atoms with Crippen molar-refractivity contribution in [3.05, 3.63) is 29.3 Å². The summed E-state index contributed by atoms with van der Waals surface area (Å²) in [7, 11) is 1.28. The Hall–Kier alpha value is -1.63. The standard InChI is InChI=1S/C12H11F2NO/c1-16-11-8(3-4-9(13)10(11)14)12(7-15)5-2-6-12/h3-4H,2,5-6H2,1H3. The van der Waals surface area contributed by atoms with E-state index in [0.29, 0.717) is 18.4 Å². The molecule has 0 spiro atoms. The summed E-state index contributed by atoms with van der Waals surface area (Å²) in [6.45, 7) is 0. The average molecular weight is 223 g/mol. The first-order valence-corrected chi connectivity index (χ1v) is 5.08. The van der Waals surface area contributed by atoms with Crippen LogP contribution in [0.2, 0.25) is 0 Å². The zero-order valence-corrected chi connectivity index (χ0v) is 8.89. The van der Waals surface area contributed by atoms with E-state index in [1.165, 1.54) is 13.2 Å². The number of ether oxygens (including phenoxy) is 1. The average Bonchev–Trinajstić information content (AvgIpc) is 2.23. The fourth-order valence-corrected chi connectivity index (χ4v) is 2.08. The smallest absolute Gasteiger partial charge is 0.200 e. The van der Waals surface area contributed by atoms with Crippen LogP contribution in [-0.2, 0) is 5.41 Å². The number of rotatable bonds is 2. The third-order valence-electron chi connectivity index (χ3n) is 3.19. The van der Waals surface area contributed by atoms with Crippen LogP contribution >= 0.6 is 0 Å². The van der Waals surface area contributed by atoms with Crippen molar-refractivity contribution >= 4 is 0 Å². The van der Waals surface area contributed by atoms with Gasteiger partial charge >= 0.3 is 0 Å². The van der Waals surface area contributed by atoms with E-state index in [2.05, 4.69) is 6.07 Å². The van der Waals surface area contributed by atoms with E-state index < -0.39 is 17.0 Å². The van der Waals surface area contributed by atoms with Gasteiger partial charge in [-0.05, 0) is 25.3 Å². The Morgan fingerprint density at radius 3 is 2.50 bits per heavy atom. The van der Waals surface area contributed by atoms with Crippen LogP contribution in [0.25, 0.3) is 0 Å². The van der Waals surface area contributed by atoms with Gasteiger partial charge in [0.15, 0.2) is 11.6 Å². The van der Waals surface area contributed by atoms with Gasteiger partial charge in [0.05, 0.1) is 18.6 Å². The minimum absolute atomic E-state index is 0.138. The van der Waals surface area contributed by atoms with Crippen LogP contribution in [0.15, 0.2) is 12.1 Å². The summed E-state index contributed by atoms with van der Waals surface area (Å²) in [6.07, 6.45) is 2.27. The first kappa shape index (κ1) is 10.9. The Morgan fingerprint density at radius 2 is 2.06 bits per heavy atom. The topological polar surface area (TPSA) is 33.0 Å². The second-order valence-corrected chi connectivity index (χ2v) is 3.99. The zero-order valence-electron chi connectivity index (χ0n) is 8.89. The van der Waals surface area contributed by atoms with Gasteiger partial charge in [0, 0.05) is 5.56 Å². The normalized spacial score (nSPS) is 17.4. The molecule has 16 heavy (non-hydrogen) atoms. The van der Waals surface area contributed by atoms with E-state index in [1.807, 2.05) is 0 Å². The molecular formula is C12H11F2NO. The molecule has 0 aliphatic heterocycles.